The summed E-state index contributed by atoms with van der Waals surface area (Å²) in [5.74, 6) is 8.85. The largest absolute Gasteiger partial charge is 0.494 e. The summed E-state index contributed by atoms with van der Waals surface area (Å²) < 4.78 is 5.73. The van der Waals surface area contributed by atoms with Gasteiger partial charge in [-0.2, -0.15) is 0 Å². The summed E-state index contributed by atoms with van der Waals surface area (Å²) in [6.07, 6.45) is 0.928. The van der Waals surface area contributed by atoms with Gasteiger partial charge in [0.1, 0.15) is 5.75 Å². The minimum atomic E-state index is 0.382. The molecule has 0 aromatic heterocycles. The predicted octanol–water partition coefficient (Wildman–Crippen LogP) is 5.36. The van der Waals surface area contributed by atoms with Gasteiger partial charge in [0.2, 0.25) is 0 Å². The van der Waals surface area contributed by atoms with Gasteiger partial charge in [-0.15, -0.1) is 5.92 Å². The molecule has 0 saturated carbocycles. The van der Waals surface area contributed by atoms with Crippen LogP contribution in [0.1, 0.15) is 70.9 Å². The van der Waals surface area contributed by atoms with E-state index in [9.17, 15) is 0 Å². The first-order valence-corrected chi connectivity index (χ1v) is 7.76. The van der Waals surface area contributed by atoms with Gasteiger partial charge >= 0.3 is 0 Å². The van der Waals surface area contributed by atoms with Gasteiger partial charge in [-0.3, -0.25) is 0 Å². The zero-order valence-corrected chi connectivity index (χ0v) is 13.8. The molecular formula is C19H28O. The van der Waals surface area contributed by atoms with E-state index in [1.54, 1.807) is 0 Å². The van der Waals surface area contributed by atoms with Crippen LogP contribution < -0.4 is 4.74 Å². The third-order valence-corrected chi connectivity index (χ3v) is 3.74. The summed E-state index contributed by atoms with van der Waals surface area (Å²) in [5, 5.41) is 0. The van der Waals surface area contributed by atoms with Gasteiger partial charge in [0.25, 0.3) is 0 Å². The van der Waals surface area contributed by atoms with E-state index in [1.165, 1.54) is 11.1 Å². The number of benzene rings is 1. The van der Waals surface area contributed by atoms with Crippen molar-refractivity contribution in [2.75, 3.05) is 6.61 Å². The average Bonchev–Trinajstić information content (AvgIpc) is 2.44. The molecule has 2 unspecified atom stereocenters. The van der Waals surface area contributed by atoms with Crippen LogP contribution in [0.25, 0.3) is 0 Å². The molecule has 1 heteroatoms. The maximum Gasteiger partial charge on any atom is 0.122 e. The summed E-state index contributed by atoms with van der Waals surface area (Å²) in [6.45, 7) is 13.7. The molecule has 20 heavy (non-hydrogen) atoms. The summed E-state index contributed by atoms with van der Waals surface area (Å²) in [6, 6.07) is 6.60. The molecule has 0 spiro atoms. The van der Waals surface area contributed by atoms with Crippen molar-refractivity contribution in [3.63, 3.8) is 0 Å². The van der Waals surface area contributed by atoms with Crippen molar-refractivity contribution < 1.29 is 4.74 Å². The van der Waals surface area contributed by atoms with Gasteiger partial charge in [0, 0.05) is 12.3 Å². The molecule has 1 aromatic carbocycles. The topological polar surface area (TPSA) is 9.23 Å². The van der Waals surface area contributed by atoms with E-state index in [4.69, 9.17) is 4.74 Å². The van der Waals surface area contributed by atoms with E-state index in [1.807, 2.05) is 6.92 Å². The van der Waals surface area contributed by atoms with E-state index in [0.717, 1.165) is 12.2 Å². The van der Waals surface area contributed by atoms with Crippen LogP contribution in [0.15, 0.2) is 18.2 Å². The molecule has 1 aromatic rings. The van der Waals surface area contributed by atoms with Crippen LogP contribution in [0.5, 0.6) is 5.75 Å². The second-order valence-corrected chi connectivity index (χ2v) is 5.64. The van der Waals surface area contributed by atoms with Crippen LogP contribution in [0, 0.1) is 17.8 Å². The van der Waals surface area contributed by atoms with Crippen molar-refractivity contribution >= 4 is 0 Å². The Morgan fingerprint density at radius 3 is 2.35 bits per heavy atom. The summed E-state index contributed by atoms with van der Waals surface area (Å²) >= 11 is 0. The van der Waals surface area contributed by atoms with Crippen molar-refractivity contribution in [1.29, 1.82) is 0 Å². The van der Waals surface area contributed by atoms with Crippen LogP contribution in [0.2, 0.25) is 0 Å². The van der Waals surface area contributed by atoms with Gasteiger partial charge in [0.05, 0.1) is 6.61 Å². The van der Waals surface area contributed by atoms with Gasteiger partial charge in [-0.05, 0) is 36.0 Å². The van der Waals surface area contributed by atoms with Crippen LogP contribution >= 0.6 is 0 Å². The highest BCUT2D eigenvalue weighted by molar-refractivity contribution is 5.41. The minimum absolute atomic E-state index is 0.382. The predicted molar refractivity (Wildman–Crippen MR) is 87.3 cm³/mol. The maximum atomic E-state index is 5.73. The Morgan fingerprint density at radius 2 is 1.80 bits per heavy atom. The Kier molecular flexibility index (Phi) is 6.65. The second kappa shape index (κ2) is 8.00. The van der Waals surface area contributed by atoms with Crippen LogP contribution in [-0.2, 0) is 0 Å². The maximum absolute atomic E-state index is 5.73. The average molecular weight is 272 g/mol. The Hall–Kier alpha value is -1.42. The quantitative estimate of drug-likeness (QED) is 0.655. The molecule has 0 aliphatic carbocycles. The molecule has 0 saturated heterocycles. The molecule has 1 nitrogen and oxygen atoms in total. The summed E-state index contributed by atoms with van der Waals surface area (Å²) in [7, 11) is 0. The lowest BCUT2D eigenvalue weighted by Crippen LogP contribution is -2.06. The Bertz CT molecular complexity index is 476. The monoisotopic (exact) mass is 272 g/mol. The Labute approximate surface area is 124 Å². The smallest absolute Gasteiger partial charge is 0.122 e. The molecular weight excluding hydrogens is 244 g/mol. The van der Waals surface area contributed by atoms with Gasteiger partial charge in [-0.1, -0.05) is 52.7 Å². The van der Waals surface area contributed by atoms with Crippen LogP contribution in [-0.4, -0.2) is 6.61 Å². The molecule has 0 bridgehead atoms. The molecule has 0 amide bonds. The van der Waals surface area contributed by atoms with E-state index >= 15 is 0 Å². The molecule has 0 aliphatic rings. The first-order chi connectivity index (χ1) is 9.51. The lowest BCUT2D eigenvalue weighted by atomic mass is 9.87. The molecule has 0 N–H and O–H groups in total. The van der Waals surface area contributed by atoms with Crippen molar-refractivity contribution in [2.24, 2.45) is 5.92 Å². The van der Waals surface area contributed by atoms with Crippen LogP contribution in [0.4, 0.5) is 0 Å². The Balaban J connectivity index is 3.04. The minimum Gasteiger partial charge on any atom is -0.494 e. The van der Waals surface area contributed by atoms with E-state index in [-0.39, 0.29) is 0 Å². The summed E-state index contributed by atoms with van der Waals surface area (Å²) in [4.78, 5) is 0. The fourth-order valence-corrected chi connectivity index (χ4v) is 2.27. The third kappa shape index (κ3) is 4.30. The van der Waals surface area contributed by atoms with Crippen molar-refractivity contribution in [1.82, 2.24) is 0 Å². The molecule has 1 rings (SSSR count). The number of rotatable bonds is 5. The molecule has 2 atom stereocenters. The fraction of sp³-hybridized carbons (Fsp3) is 0.579. The first kappa shape index (κ1) is 16.6. The Morgan fingerprint density at radius 1 is 1.10 bits per heavy atom. The first-order valence-electron chi connectivity index (χ1n) is 7.76. The van der Waals surface area contributed by atoms with E-state index < -0.39 is 0 Å². The number of ether oxygens (including phenoxy) is 1. The fourth-order valence-electron chi connectivity index (χ4n) is 2.27. The van der Waals surface area contributed by atoms with Gasteiger partial charge < -0.3 is 4.74 Å². The number of hydrogen-bond acceptors (Lipinski definition) is 1. The van der Waals surface area contributed by atoms with Gasteiger partial charge in [-0.25, -0.2) is 0 Å². The van der Waals surface area contributed by atoms with E-state index in [2.05, 4.69) is 64.7 Å². The molecule has 0 fully saturated rings. The van der Waals surface area contributed by atoms with Crippen molar-refractivity contribution in [3.05, 3.63) is 29.3 Å². The highest BCUT2D eigenvalue weighted by Crippen LogP contribution is 2.32. The second-order valence-electron chi connectivity index (χ2n) is 5.64. The highest BCUT2D eigenvalue weighted by Gasteiger charge is 2.16. The lowest BCUT2D eigenvalue weighted by Gasteiger charge is -2.20. The van der Waals surface area contributed by atoms with Crippen molar-refractivity contribution in [3.8, 4) is 17.6 Å². The SMILES string of the molecule is CCC#CC(C)C(C)c1ccc(OCC)c(C(C)C)c1. The van der Waals surface area contributed by atoms with Crippen LogP contribution in [0.3, 0.4) is 0 Å². The molecule has 110 valence electrons. The zero-order valence-electron chi connectivity index (χ0n) is 13.8. The normalized spacial score (nSPS) is 13.6. The standard InChI is InChI=1S/C19H28O/c1-7-9-10-15(5)16(6)17-11-12-19(20-8-2)18(13-17)14(3)4/h11-16H,7-8H2,1-6H3. The molecule has 0 radical (unpaired) electrons. The lowest BCUT2D eigenvalue weighted by molar-refractivity contribution is 0.335. The van der Waals surface area contributed by atoms with Gasteiger partial charge in [0.15, 0.2) is 0 Å². The summed E-state index contributed by atoms with van der Waals surface area (Å²) in [5.41, 5.74) is 2.65. The third-order valence-electron chi connectivity index (χ3n) is 3.74. The van der Waals surface area contributed by atoms with Crippen molar-refractivity contribution in [2.45, 2.75) is 59.8 Å². The highest BCUT2D eigenvalue weighted by atomic mass is 16.5. The molecule has 0 aliphatic heterocycles. The number of hydrogen-bond donors (Lipinski definition) is 0. The van der Waals surface area contributed by atoms with E-state index in [0.29, 0.717) is 24.4 Å². The molecule has 0 heterocycles. The zero-order chi connectivity index (χ0) is 15.1.